The fraction of sp³-hybridized carbons (Fsp3) is 0.900. The summed E-state index contributed by atoms with van der Waals surface area (Å²) in [6, 6.07) is 0. The summed E-state index contributed by atoms with van der Waals surface area (Å²) in [5.74, 6) is 5.04. The molecule has 8 atom stereocenters. The fourth-order valence-electron chi connectivity index (χ4n) is 10.1. The van der Waals surface area contributed by atoms with E-state index in [2.05, 4.69) is 61.5 Å². The second-order valence-electron chi connectivity index (χ2n) is 13.9. The normalized spacial score (nSPS) is 48.4. The van der Waals surface area contributed by atoms with Gasteiger partial charge in [0.25, 0.3) is 0 Å². The van der Waals surface area contributed by atoms with E-state index in [1.54, 1.807) is 5.92 Å². The molecular weight excluding hydrogens is 376 g/mol. The number of hydrogen-bond donors (Lipinski definition) is 1. The summed E-state index contributed by atoms with van der Waals surface area (Å²) in [5.41, 5.74) is 2.90. The van der Waals surface area contributed by atoms with Gasteiger partial charge < -0.3 is 5.11 Å². The number of rotatable bonds is 4. The Morgan fingerprint density at radius 2 is 1.55 bits per heavy atom. The highest BCUT2D eigenvalue weighted by Gasteiger charge is 2.69. The molecule has 0 amide bonds. The predicted octanol–water partition coefficient (Wildman–Crippen LogP) is 8.37. The van der Waals surface area contributed by atoms with Crippen LogP contribution in [0.25, 0.3) is 0 Å². The summed E-state index contributed by atoms with van der Waals surface area (Å²) in [5, 5.41) is 10.8. The van der Waals surface area contributed by atoms with Crippen molar-refractivity contribution in [3.05, 3.63) is 17.6 Å². The van der Waals surface area contributed by atoms with Crippen molar-refractivity contribution in [2.45, 2.75) is 126 Å². The average molecular weight is 428 g/mol. The Balaban J connectivity index is 1.58. The number of aliphatic hydroxyl groups excluding tert-OH is 1. The SMILES string of the molecule is CC(C)=CCC[C+](C)[C@H]1CC[C@@]2(C)[C@H]1CC[C@H]1[C@@]3(C)CC[C@H](O)C(C)(C)[C@@H]3CC[C@@]12C. The van der Waals surface area contributed by atoms with Crippen molar-refractivity contribution < 1.29 is 5.11 Å². The zero-order valence-corrected chi connectivity index (χ0v) is 22.0. The van der Waals surface area contributed by atoms with Gasteiger partial charge in [-0.3, -0.25) is 0 Å². The summed E-state index contributed by atoms with van der Waals surface area (Å²) in [7, 11) is 0. The van der Waals surface area contributed by atoms with Crippen LogP contribution in [0.2, 0.25) is 0 Å². The summed E-state index contributed by atoms with van der Waals surface area (Å²) in [6.45, 7) is 19.7. The minimum atomic E-state index is -0.115. The smallest absolute Gasteiger partial charge is 0.103 e. The van der Waals surface area contributed by atoms with Crippen LogP contribution in [-0.4, -0.2) is 11.2 Å². The zero-order valence-electron chi connectivity index (χ0n) is 22.0. The Kier molecular flexibility index (Phi) is 5.98. The number of aliphatic hydroxyl groups is 1. The lowest BCUT2D eigenvalue weighted by Gasteiger charge is -2.69. The molecule has 1 N–H and O–H groups in total. The van der Waals surface area contributed by atoms with Gasteiger partial charge in [0, 0.05) is 12.3 Å². The number of allylic oxidation sites excluding steroid dienone is 2. The average Bonchev–Trinajstić information content (AvgIpc) is 3.03. The molecule has 1 heteroatoms. The molecule has 4 saturated carbocycles. The van der Waals surface area contributed by atoms with E-state index in [0.29, 0.717) is 22.2 Å². The maximum absolute atomic E-state index is 10.8. The van der Waals surface area contributed by atoms with Gasteiger partial charge in [-0.1, -0.05) is 46.3 Å². The van der Waals surface area contributed by atoms with Crippen LogP contribution in [0.4, 0.5) is 0 Å². The summed E-state index contributed by atoms with van der Waals surface area (Å²) in [6.07, 6.45) is 15.5. The van der Waals surface area contributed by atoms with Crippen molar-refractivity contribution in [1.29, 1.82) is 0 Å². The second kappa shape index (κ2) is 7.82. The molecule has 0 saturated heterocycles. The first kappa shape index (κ1) is 23.7. The monoisotopic (exact) mass is 427 g/mol. The molecule has 0 unspecified atom stereocenters. The lowest BCUT2D eigenvalue weighted by molar-refractivity contribution is -0.221. The van der Waals surface area contributed by atoms with Gasteiger partial charge in [-0.15, -0.1) is 0 Å². The summed E-state index contributed by atoms with van der Waals surface area (Å²) < 4.78 is 0. The molecule has 0 aromatic carbocycles. The van der Waals surface area contributed by atoms with Gasteiger partial charge in [-0.25, -0.2) is 0 Å². The molecule has 0 radical (unpaired) electrons. The maximum Gasteiger partial charge on any atom is 0.103 e. The predicted molar refractivity (Wildman–Crippen MR) is 133 cm³/mol. The molecule has 4 fully saturated rings. The standard InChI is InChI=1S/C30H51O/c1-20(2)10-9-11-21(3)22-14-18-29(7)23(22)12-13-25-28(6)17-16-26(31)27(4,5)24(28)15-19-30(25,29)8/h10,22-26,31H,9,11-19H2,1-8H3/q+1/t22-,23+,24+,25+,26+,28+,29+,30+/m1/s1. The molecule has 4 rings (SSSR count). The molecule has 0 aromatic heterocycles. The van der Waals surface area contributed by atoms with Gasteiger partial charge in [0.05, 0.1) is 25.4 Å². The third-order valence-electron chi connectivity index (χ3n) is 12.1. The van der Waals surface area contributed by atoms with Crippen LogP contribution in [0.1, 0.15) is 120 Å². The van der Waals surface area contributed by atoms with Gasteiger partial charge in [-0.2, -0.15) is 0 Å². The molecule has 31 heavy (non-hydrogen) atoms. The molecule has 4 aliphatic carbocycles. The van der Waals surface area contributed by atoms with Gasteiger partial charge in [-0.05, 0) is 98.7 Å². The third-order valence-corrected chi connectivity index (χ3v) is 12.1. The molecular formula is C30H51O+. The van der Waals surface area contributed by atoms with E-state index in [0.717, 1.165) is 24.2 Å². The van der Waals surface area contributed by atoms with Crippen LogP contribution in [0, 0.1) is 51.2 Å². The number of hydrogen-bond acceptors (Lipinski definition) is 1. The van der Waals surface area contributed by atoms with Crippen molar-refractivity contribution in [3.8, 4) is 0 Å². The summed E-state index contributed by atoms with van der Waals surface area (Å²) in [4.78, 5) is 0. The van der Waals surface area contributed by atoms with Gasteiger partial charge >= 0.3 is 0 Å². The highest BCUT2D eigenvalue weighted by molar-refractivity contribution is 5.19. The molecule has 1 nitrogen and oxygen atoms in total. The quantitative estimate of drug-likeness (QED) is 0.353. The largest absolute Gasteiger partial charge is 0.393 e. The highest BCUT2D eigenvalue weighted by Crippen LogP contribution is 2.75. The van der Waals surface area contributed by atoms with Crippen LogP contribution in [0.5, 0.6) is 0 Å². The molecule has 4 aliphatic rings. The minimum Gasteiger partial charge on any atom is -0.393 e. The van der Waals surface area contributed by atoms with E-state index < -0.39 is 0 Å². The van der Waals surface area contributed by atoms with E-state index in [1.165, 1.54) is 63.4 Å². The Morgan fingerprint density at radius 1 is 0.871 bits per heavy atom. The lowest BCUT2D eigenvalue weighted by atomic mass is 9.35. The maximum atomic E-state index is 10.8. The van der Waals surface area contributed by atoms with E-state index in [9.17, 15) is 5.11 Å². The minimum absolute atomic E-state index is 0.0690. The van der Waals surface area contributed by atoms with Crippen molar-refractivity contribution in [2.75, 3.05) is 0 Å². The molecule has 0 aliphatic heterocycles. The molecule has 0 bridgehead atoms. The van der Waals surface area contributed by atoms with Gasteiger partial charge in [0.1, 0.15) is 5.92 Å². The first-order valence-electron chi connectivity index (χ1n) is 13.5. The Bertz CT molecular complexity index is 701. The van der Waals surface area contributed by atoms with Crippen LogP contribution in [-0.2, 0) is 0 Å². The molecule has 0 spiro atoms. The van der Waals surface area contributed by atoms with Crippen LogP contribution in [0.15, 0.2) is 11.6 Å². The highest BCUT2D eigenvalue weighted by atomic mass is 16.3. The van der Waals surface area contributed by atoms with Crippen molar-refractivity contribution in [1.82, 2.24) is 0 Å². The lowest BCUT2D eigenvalue weighted by Crippen LogP contribution is -2.63. The number of fused-ring (bicyclic) bond motifs is 5. The van der Waals surface area contributed by atoms with E-state index >= 15 is 0 Å². The Hall–Kier alpha value is -0.430. The van der Waals surface area contributed by atoms with Crippen LogP contribution >= 0.6 is 0 Å². The molecule has 0 heterocycles. The van der Waals surface area contributed by atoms with Crippen LogP contribution in [0.3, 0.4) is 0 Å². The third kappa shape index (κ3) is 3.38. The zero-order chi connectivity index (χ0) is 22.8. The van der Waals surface area contributed by atoms with Crippen molar-refractivity contribution in [3.63, 3.8) is 0 Å². The van der Waals surface area contributed by atoms with Gasteiger partial charge in [0.2, 0.25) is 0 Å². The molecule has 0 aromatic rings. The van der Waals surface area contributed by atoms with E-state index in [1.807, 2.05) is 0 Å². The Morgan fingerprint density at radius 3 is 2.23 bits per heavy atom. The second-order valence-corrected chi connectivity index (χ2v) is 13.9. The molecule has 176 valence electrons. The van der Waals surface area contributed by atoms with Gasteiger partial charge in [0.15, 0.2) is 0 Å². The van der Waals surface area contributed by atoms with E-state index in [-0.39, 0.29) is 11.5 Å². The fourth-order valence-corrected chi connectivity index (χ4v) is 10.1. The first-order chi connectivity index (χ1) is 14.4. The van der Waals surface area contributed by atoms with Crippen molar-refractivity contribution >= 4 is 0 Å². The topological polar surface area (TPSA) is 20.2 Å². The van der Waals surface area contributed by atoms with Crippen molar-refractivity contribution in [2.24, 2.45) is 45.3 Å². The van der Waals surface area contributed by atoms with Crippen LogP contribution < -0.4 is 0 Å². The van der Waals surface area contributed by atoms with E-state index in [4.69, 9.17) is 0 Å². The Labute approximate surface area is 193 Å². The summed E-state index contributed by atoms with van der Waals surface area (Å²) >= 11 is 0. The first-order valence-corrected chi connectivity index (χ1v) is 13.5.